The Morgan fingerprint density at radius 2 is 2.14 bits per heavy atom. The van der Waals surface area contributed by atoms with Gasteiger partial charge < -0.3 is 5.73 Å². The van der Waals surface area contributed by atoms with Crippen LogP contribution in [-0.4, -0.2) is 15.0 Å². The highest BCUT2D eigenvalue weighted by Crippen LogP contribution is 2.39. The first-order valence-electron chi connectivity index (χ1n) is 6.62. The van der Waals surface area contributed by atoms with E-state index < -0.39 is 0 Å². The third-order valence-electron chi connectivity index (χ3n) is 3.00. The predicted octanol–water partition coefficient (Wildman–Crippen LogP) is 4.54. The average Bonchev–Trinajstić information content (AvgIpc) is 3.10. The van der Waals surface area contributed by atoms with E-state index in [0.717, 1.165) is 31.4 Å². The molecule has 3 aromatic heterocycles. The Morgan fingerprint density at radius 1 is 1.27 bits per heavy atom. The minimum absolute atomic E-state index is 0.544. The Hall–Kier alpha value is -2.31. The molecule has 2 N–H and O–H groups in total. The number of rotatable bonds is 4. The Kier molecular flexibility index (Phi) is 4.13. The summed E-state index contributed by atoms with van der Waals surface area (Å²) in [7, 11) is 0. The quantitative estimate of drug-likeness (QED) is 0.715. The van der Waals surface area contributed by atoms with Crippen molar-refractivity contribution in [2.45, 2.75) is 6.92 Å². The number of hydrogen-bond donors (Lipinski definition) is 1. The van der Waals surface area contributed by atoms with Crippen molar-refractivity contribution in [2.24, 2.45) is 0 Å². The number of fused-ring (bicyclic) bond motifs is 1. The van der Waals surface area contributed by atoms with Crippen LogP contribution in [0.2, 0.25) is 0 Å². The zero-order chi connectivity index (χ0) is 15.5. The first-order valence-corrected chi connectivity index (χ1v) is 8.26. The second-order valence-electron chi connectivity index (χ2n) is 4.56. The summed E-state index contributed by atoms with van der Waals surface area (Å²) in [5.74, 6) is 0. The van der Waals surface area contributed by atoms with Gasteiger partial charge in [0.05, 0.1) is 20.8 Å². The molecule has 0 spiro atoms. The smallest absolute Gasteiger partial charge is 0.181 e. The van der Waals surface area contributed by atoms with Crippen molar-refractivity contribution in [3.05, 3.63) is 55.0 Å². The van der Waals surface area contributed by atoms with Crippen LogP contribution >= 0.6 is 22.7 Å². The third kappa shape index (κ3) is 2.84. The van der Waals surface area contributed by atoms with E-state index in [9.17, 15) is 0 Å². The van der Waals surface area contributed by atoms with Crippen LogP contribution in [0.15, 0.2) is 49.3 Å². The minimum atomic E-state index is 0.544. The molecule has 6 heteroatoms. The molecule has 3 aromatic rings. The molecule has 0 aliphatic heterocycles. The second-order valence-corrected chi connectivity index (χ2v) is 6.62. The molecule has 0 atom stereocenters. The van der Waals surface area contributed by atoms with E-state index in [1.807, 2.05) is 37.4 Å². The molecular weight excluding hydrogens is 312 g/mol. The molecule has 0 aliphatic rings. The van der Waals surface area contributed by atoms with Crippen molar-refractivity contribution >= 4 is 43.6 Å². The van der Waals surface area contributed by atoms with Gasteiger partial charge >= 0.3 is 0 Å². The molecule has 0 aromatic carbocycles. The molecule has 0 amide bonds. The number of allylic oxidation sites excluding steroid dienone is 5. The number of nitrogen functional groups attached to an aromatic ring is 1. The standard InChI is InChI=1S/C16H14N4S2/c1-3-4-5-6-10(2)13-14(22-16(17)20-13)15-19-11-7-8-18-9-12(11)21-15/h3-9H,1H2,2H3,(H2,17,20)/b5-4-,10-6+. The zero-order valence-electron chi connectivity index (χ0n) is 12.0. The van der Waals surface area contributed by atoms with Crippen LogP contribution in [0.1, 0.15) is 12.6 Å². The maximum absolute atomic E-state index is 5.91. The summed E-state index contributed by atoms with van der Waals surface area (Å²) in [5, 5.41) is 1.47. The zero-order valence-corrected chi connectivity index (χ0v) is 13.6. The molecule has 3 heterocycles. The van der Waals surface area contributed by atoms with Gasteiger partial charge in [-0.2, -0.15) is 0 Å². The monoisotopic (exact) mass is 326 g/mol. The average molecular weight is 326 g/mol. The fraction of sp³-hybridized carbons (Fsp3) is 0.0625. The summed E-state index contributed by atoms with van der Waals surface area (Å²) in [6.07, 6.45) is 11.1. The van der Waals surface area contributed by atoms with E-state index in [2.05, 4.69) is 21.5 Å². The number of aromatic nitrogens is 3. The Morgan fingerprint density at radius 3 is 2.91 bits per heavy atom. The first kappa shape index (κ1) is 14.6. The number of hydrogen-bond acceptors (Lipinski definition) is 6. The van der Waals surface area contributed by atoms with E-state index in [-0.39, 0.29) is 0 Å². The summed E-state index contributed by atoms with van der Waals surface area (Å²) in [4.78, 5) is 14.3. The highest BCUT2D eigenvalue weighted by atomic mass is 32.1. The summed E-state index contributed by atoms with van der Waals surface area (Å²) in [6, 6.07) is 1.91. The lowest BCUT2D eigenvalue weighted by Crippen LogP contribution is -1.86. The summed E-state index contributed by atoms with van der Waals surface area (Å²) < 4.78 is 1.06. The molecule has 0 fully saturated rings. The van der Waals surface area contributed by atoms with Crippen molar-refractivity contribution < 1.29 is 0 Å². The van der Waals surface area contributed by atoms with Crippen molar-refractivity contribution in [3.8, 4) is 9.88 Å². The molecule has 0 aliphatic carbocycles. The van der Waals surface area contributed by atoms with Gasteiger partial charge in [0.15, 0.2) is 5.13 Å². The van der Waals surface area contributed by atoms with Gasteiger partial charge in [0.25, 0.3) is 0 Å². The third-order valence-corrected chi connectivity index (χ3v) is 5.04. The maximum atomic E-state index is 5.91. The molecule has 0 saturated carbocycles. The van der Waals surface area contributed by atoms with Crippen LogP contribution in [0.4, 0.5) is 5.13 Å². The Labute approximate surface area is 136 Å². The van der Waals surface area contributed by atoms with E-state index in [0.29, 0.717) is 5.13 Å². The van der Waals surface area contributed by atoms with Crippen LogP contribution in [-0.2, 0) is 0 Å². The number of pyridine rings is 1. The SMILES string of the molecule is C=C/C=C\C=C(/C)c1nc(N)sc1-c1nc2ccncc2s1. The maximum Gasteiger partial charge on any atom is 0.181 e. The summed E-state index contributed by atoms with van der Waals surface area (Å²) in [5.41, 5.74) is 8.78. The highest BCUT2D eigenvalue weighted by molar-refractivity contribution is 7.26. The Balaban J connectivity index is 2.09. The molecular formula is C16H14N4S2. The summed E-state index contributed by atoms with van der Waals surface area (Å²) >= 11 is 3.06. The lowest BCUT2D eigenvalue weighted by Gasteiger charge is -1.98. The normalized spacial score (nSPS) is 12.3. The molecule has 0 radical (unpaired) electrons. The number of thiazole rings is 2. The van der Waals surface area contributed by atoms with Crippen LogP contribution in [0.25, 0.3) is 25.7 Å². The molecule has 3 rings (SSSR count). The molecule has 0 bridgehead atoms. The van der Waals surface area contributed by atoms with Crippen LogP contribution in [0.5, 0.6) is 0 Å². The minimum Gasteiger partial charge on any atom is -0.375 e. The van der Waals surface area contributed by atoms with Crippen molar-refractivity contribution in [2.75, 3.05) is 5.73 Å². The van der Waals surface area contributed by atoms with Gasteiger partial charge in [-0.05, 0) is 18.6 Å². The predicted molar refractivity (Wildman–Crippen MR) is 95.9 cm³/mol. The lowest BCUT2D eigenvalue weighted by atomic mass is 10.2. The summed E-state index contributed by atoms with van der Waals surface area (Å²) in [6.45, 7) is 5.67. The van der Waals surface area contributed by atoms with Crippen molar-refractivity contribution in [1.29, 1.82) is 0 Å². The van der Waals surface area contributed by atoms with Gasteiger partial charge in [-0.25, -0.2) is 9.97 Å². The molecule has 22 heavy (non-hydrogen) atoms. The number of anilines is 1. The second kappa shape index (κ2) is 6.21. The van der Waals surface area contributed by atoms with Gasteiger partial charge in [0, 0.05) is 12.4 Å². The molecule has 110 valence electrons. The van der Waals surface area contributed by atoms with Crippen molar-refractivity contribution in [1.82, 2.24) is 15.0 Å². The largest absolute Gasteiger partial charge is 0.375 e. The Bertz CT molecular complexity index is 854. The van der Waals surface area contributed by atoms with Gasteiger partial charge in [-0.15, -0.1) is 11.3 Å². The first-order chi connectivity index (χ1) is 10.7. The highest BCUT2D eigenvalue weighted by Gasteiger charge is 2.16. The number of nitrogens with zero attached hydrogens (tertiary/aromatic N) is 3. The fourth-order valence-corrected chi connectivity index (χ4v) is 3.89. The van der Waals surface area contributed by atoms with Crippen LogP contribution in [0, 0.1) is 0 Å². The van der Waals surface area contributed by atoms with Crippen LogP contribution in [0.3, 0.4) is 0 Å². The fourth-order valence-electron chi connectivity index (χ4n) is 1.98. The van der Waals surface area contributed by atoms with E-state index in [1.165, 1.54) is 11.3 Å². The lowest BCUT2D eigenvalue weighted by molar-refractivity contribution is 1.34. The molecule has 0 unspecified atom stereocenters. The van der Waals surface area contributed by atoms with E-state index in [1.54, 1.807) is 23.6 Å². The van der Waals surface area contributed by atoms with Crippen LogP contribution < -0.4 is 5.73 Å². The number of nitrogens with two attached hydrogens (primary N) is 1. The van der Waals surface area contributed by atoms with E-state index >= 15 is 0 Å². The van der Waals surface area contributed by atoms with Gasteiger partial charge in [-0.3, -0.25) is 4.98 Å². The molecule has 4 nitrogen and oxygen atoms in total. The topological polar surface area (TPSA) is 64.7 Å². The van der Waals surface area contributed by atoms with Gasteiger partial charge in [0.1, 0.15) is 5.01 Å². The molecule has 0 saturated heterocycles. The van der Waals surface area contributed by atoms with E-state index in [4.69, 9.17) is 5.73 Å². The van der Waals surface area contributed by atoms with Gasteiger partial charge in [-0.1, -0.05) is 42.2 Å². The van der Waals surface area contributed by atoms with Crippen molar-refractivity contribution in [3.63, 3.8) is 0 Å². The van der Waals surface area contributed by atoms with Gasteiger partial charge in [0.2, 0.25) is 0 Å².